The van der Waals surface area contributed by atoms with Gasteiger partial charge in [-0.05, 0) is 39.8 Å². The lowest BCUT2D eigenvalue weighted by molar-refractivity contribution is -0.137. The molecule has 8 heteroatoms. The van der Waals surface area contributed by atoms with Crippen molar-refractivity contribution in [1.82, 2.24) is 4.98 Å². The normalized spacial score (nSPS) is 19.7. The van der Waals surface area contributed by atoms with Gasteiger partial charge in [-0.15, -0.1) is 11.3 Å². The lowest BCUT2D eigenvalue weighted by Gasteiger charge is -2.32. The zero-order valence-electron chi connectivity index (χ0n) is 13.8. The molecular formula is C16H17BF3NO2S. The Morgan fingerprint density at radius 2 is 1.54 bits per heavy atom. The van der Waals surface area contributed by atoms with E-state index in [4.69, 9.17) is 9.31 Å². The van der Waals surface area contributed by atoms with Crippen LogP contribution in [-0.4, -0.2) is 23.3 Å². The van der Waals surface area contributed by atoms with Crippen LogP contribution in [0.3, 0.4) is 0 Å². The van der Waals surface area contributed by atoms with Crippen molar-refractivity contribution in [2.24, 2.45) is 0 Å². The summed E-state index contributed by atoms with van der Waals surface area (Å²) < 4.78 is 50.9. The van der Waals surface area contributed by atoms with Crippen LogP contribution in [0.25, 0.3) is 11.3 Å². The zero-order valence-corrected chi connectivity index (χ0v) is 14.6. The number of hydrogen-bond donors (Lipinski definition) is 0. The average molecular weight is 355 g/mol. The lowest BCUT2D eigenvalue weighted by atomic mass is 9.84. The van der Waals surface area contributed by atoms with E-state index < -0.39 is 30.1 Å². The van der Waals surface area contributed by atoms with Gasteiger partial charge in [0, 0.05) is 5.56 Å². The van der Waals surface area contributed by atoms with E-state index in [1.165, 1.54) is 23.5 Å². The molecule has 0 atom stereocenters. The fourth-order valence-electron chi connectivity index (χ4n) is 2.41. The van der Waals surface area contributed by atoms with Crippen LogP contribution in [0.2, 0.25) is 0 Å². The molecule has 0 unspecified atom stereocenters. The van der Waals surface area contributed by atoms with Crippen molar-refractivity contribution in [3.63, 3.8) is 0 Å². The van der Waals surface area contributed by atoms with Gasteiger partial charge in [-0.3, -0.25) is 0 Å². The third-order valence-corrected chi connectivity index (χ3v) is 5.40. The van der Waals surface area contributed by atoms with Crippen molar-refractivity contribution in [2.45, 2.75) is 45.1 Å². The molecule has 128 valence electrons. The first-order chi connectivity index (χ1) is 11.0. The Morgan fingerprint density at radius 3 is 2.04 bits per heavy atom. The number of thiazole rings is 1. The molecule has 0 N–H and O–H groups in total. The molecule has 2 heterocycles. The van der Waals surface area contributed by atoms with E-state index in [0.29, 0.717) is 11.3 Å². The van der Waals surface area contributed by atoms with E-state index in [0.717, 1.165) is 16.9 Å². The minimum Gasteiger partial charge on any atom is -0.399 e. The van der Waals surface area contributed by atoms with Crippen LogP contribution in [0.5, 0.6) is 0 Å². The third-order valence-electron chi connectivity index (χ3n) is 4.55. The molecule has 0 amide bonds. The first-order valence-electron chi connectivity index (χ1n) is 7.48. The summed E-state index contributed by atoms with van der Waals surface area (Å²) in [5, 5.41) is 0. The van der Waals surface area contributed by atoms with Gasteiger partial charge < -0.3 is 9.31 Å². The van der Waals surface area contributed by atoms with E-state index in [1.807, 2.05) is 27.7 Å². The molecule has 3 rings (SSSR count). The van der Waals surface area contributed by atoms with Gasteiger partial charge in [0.2, 0.25) is 0 Å². The van der Waals surface area contributed by atoms with Crippen molar-refractivity contribution in [3.8, 4) is 11.3 Å². The summed E-state index contributed by atoms with van der Waals surface area (Å²) in [4.78, 5) is 4.30. The predicted octanol–water partition coefficient (Wildman–Crippen LogP) is 4.13. The van der Waals surface area contributed by atoms with E-state index in [1.54, 1.807) is 5.51 Å². The molecule has 2 aromatic rings. The van der Waals surface area contributed by atoms with Crippen molar-refractivity contribution < 1.29 is 22.5 Å². The summed E-state index contributed by atoms with van der Waals surface area (Å²) in [6, 6.07) is 4.96. The maximum atomic E-state index is 12.7. The second-order valence-corrected chi connectivity index (χ2v) is 7.61. The highest BCUT2D eigenvalue weighted by molar-refractivity contribution is 7.21. The Kier molecular flexibility index (Phi) is 4.05. The highest BCUT2D eigenvalue weighted by atomic mass is 32.1. The number of alkyl halides is 3. The van der Waals surface area contributed by atoms with Crippen molar-refractivity contribution >= 4 is 23.2 Å². The maximum absolute atomic E-state index is 12.7. The van der Waals surface area contributed by atoms with Crippen LogP contribution in [0, 0.1) is 0 Å². The molecule has 1 aliphatic rings. The highest BCUT2D eigenvalue weighted by Gasteiger charge is 2.53. The first kappa shape index (κ1) is 17.4. The van der Waals surface area contributed by atoms with Crippen LogP contribution in [-0.2, 0) is 15.5 Å². The number of rotatable bonds is 2. The molecule has 1 aromatic carbocycles. The molecule has 0 radical (unpaired) electrons. The van der Waals surface area contributed by atoms with Crippen LogP contribution >= 0.6 is 11.3 Å². The van der Waals surface area contributed by atoms with Gasteiger partial charge in [-0.25, -0.2) is 4.98 Å². The van der Waals surface area contributed by atoms with E-state index in [9.17, 15) is 13.2 Å². The summed E-state index contributed by atoms with van der Waals surface area (Å²) in [5.74, 6) is 0. The average Bonchev–Trinajstić information content (AvgIpc) is 3.01. The largest absolute Gasteiger partial charge is 0.507 e. The second kappa shape index (κ2) is 5.57. The monoisotopic (exact) mass is 355 g/mol. The Bertz CT molecular complexity index is 725. The standard InChI is InChI=1S/C16H17BF3NO2S/c1-14(2)15(3,4)23-17(22-14)13-12(21-9-24-13)10-5-7-11(8-6-10)16(18,19)20/h5-9H,1-4H3. The summed E-state index contributed by atoms with van der Waals surface area (Å²) in [5.41, 5.74) is 1.19. The minimum absolute atomic E-state index is 0.487. The van der Waals surface area contributed by atoms with E-state index >= 15 is 0 Å². The Balaban J connectivity index is 1.92. The highest BCUT2D eigenvalue weighted by Crippen LogP contribution is 2.38. The smallest absolute Gasteiger partial charge is 0.399 e. The lowest BCUT2D eigenvalue weighted by Crippen LogP contribution is -2.41. The number of halogens is 3. The molecular weight excluding hydrogens is 338 g/mol. The van der Waals surface area contributed by atoms with E-state index in [2.05, 4.69) is 4.98 Å². The topological polar surface area (TPSA) is 31.4 Å². The first-order valence-corrected chi connectivity index (χ1v) is 8.36. The van der Waals surface area contributed by atoms with Crippen molar-refractivity contribution in [2.75, 3.05) is 0 Å². The summed E-state index contributed by atoms with van der Waals surface area (Å²) >= 11 is 1.37. The van der Waals surface area contributed by atoms with Crippen LogP contribution < -0.4 is 4.78 Å². The molecule has 3 nitrogen and oxygen atoms in total. The number of hydrogen-bond acceptors (Lipinski definition) is 4. The van der Waals surface area contributed by atoms with Crippen LogP contribution in [0.15, 0.2) is 29.8 Å². The van der Waals surface area contributed by atoms with Gasteiger partial charge >= 0.3 is 13.3 Å². The minimum atomic E-state index is -4.35. The number of nitrogens with zero attached hydrogens (tertiary/aromatic N) is 1. The van der Waals surface area contributed by atoms with Crippen molar-refractivity contribution in [1.29, 1.82) is 0 Å². The van der Waals surface area contributed by atoms with Crippen molar-refractivity contribution in [3.05, 3.63) is 35.3 Å². The molecule has 1 aromatic heterocycles. The number of aromatic nitrogens is 1. The Labute approximate surface area is 143 Å². The molecule has 0 saturated carbocycles. The molecule has 1 aliphatic heterocycles. The fourth-order valence-corrected chi connectivity index (χ4v) is 3.17. The summed E-state index contributed by atoms with van der Waals surface area (Å²) in [7, 11) is -0.584. The van der Waals surface area contributed by atoms with Gasteiger partial charge in [0.1, 0.15) is 0 Å². The van der Waals surface area contributed by atoms with Crippen LogP contribution in [0.1, 0.15) is 33.3 Å². The summed E-state index contributed by atoms with van der Waals surface area (Å²) in [6.45, 7) is 7.80. The van der Waals surface area contributed by atoms with Gasteiger partial charge in [0.05, 0.1) is 32.7 Å². The van der Waals surface area contributed by atoms with E-state index in [-0.39, 0.29) is 0 Å². The SMILES string of the molecule is CC1(C)OB(c2scnc2-c2ccc(C(F)(F)F)cc2)OC1(C)C. The molecule has 0 spiro atoms. The molecule has 0 aliphatic carbocycles. The fraction of sp³-hybridized carbons (Fsp3) is 0.438. The quantitative estimate of drug-likeness (QED) is 0.760. The van der Waals surface area contributed by atoms with Gasteiger partial charge in [0.15, 0.2) is 0 Å². The summed E-state index contributed by atoms with van der Waals surface area (Å²) in [6.07, 6.45) is -4.35. The molecule has 1 fully saturated rings. The zero-order chi connectivity index (χ0) is 17.8. The molecule has 1 saturated heterocycles. The van der Waals surface area contributed by atoms with Gasteiger partial charge in [-0.1, -0.05) is 12.1 Å². The Hall–Kier alpha value is -1.38. The van der Waals surface area contributed by atoms with Gasteiger partial charge in [-0.2, -0.15) is 13.2 Å². The molecule has 0 bridgehead atoms. The number of benzene rings is 1. The Morgan fingerprint density at radius 1 is 1.00 bits per heavy atom. The second-order valence-electron chi connectivity index (χ2n) is 6.73. The predicted molar refractivity (Wildman–Crippen MR) is 88.3 cm³/mol. The van der Waals surface area contributed by atoms with Gasteiger partial charge in [0.25, 0.3) is 0 Å². The van der Waals surface area contributed by atoms with Crippen LogP contribution in [0.4, 0.5) is 13.2 Å². The maximum Gasteiger partial charge on any atom is 0.507 e. The molecule has 24 heavy (non-hydrogen) atoms. The third kappa shape index (κ3) is 2.98.